The van der Waals surface area contributed by atoms with Crippen LogP contribution in [0.3, 0.4) is 0 Å². The number of carbonyl (C=O) groups is 6. The van der Waals surface area contributed by atoms with Gasteiger partial charge in [0.2, 0.25) is 23.6 Å². The lowest BCUT2D eigenvalue weighted by Crippen LogP contribution is -2.59. The molecule has 0 aromatic heterocycles. The fraction of sp³-hybridized carbons (Fsp3) is 0.625. The Hall–Kier alpha value is -3.26. The van der Waals surface area contributed by atoms with Crippen molar-refractivity contribution < 1.29 is 44.1 Å². The summed E-state index contributed by atoms with van der Waals surface area (Å²) in [6, 6.07) is -4.19. The van der Waals surface area contributed by atoms with Crippen LogP contribution >= 0.6 is 0 Å². The van der Waals surface area contributed by atoms with Crippen molar-refractivity contribution in [1.82, 2.24) is 16.0 Å². The molecule has 0 saturated heterocycles. The minimum atomic E-state index is -1.56. The number of nitrogens with two attached hydrogens (primary N) is 2. The number of primary amides is 1. The number of carbonyl (C=O) groups excluding carboxylic acids is 4. The van der Waals surface area contributed by atoms with E-state index in [9.17, 15) is 33.9 Å². The second-order valence-electron chi connectivity index (χ2n) is 6.44. The Morgan fingerprint density at radius 1 is 0.867 bits per heavy atom. The van der Waals surface area contributed by atoms with E-state index in [0.29, 0.717) is 0 Å². The largest absolute Gasteiger partial charge is 0.481 e. The molecule has 0 aromatic rings. The molecule has 4 atom stereocenters. The fourth-order valence-corrected chi connectivity index (χ4v) is 2.18. The van der Waals surface area contributed by atoms with Crippen molar-refractivity contribution in [2.45, 2.75) is 56.8 Å². The zero-order valence-corrected chi connectivity index (χ0v) is 16.3. The molecule has 0 saturated carbocycles. The van der Waals surface area contributed by atoms with Crippen LogP contribution in [0.25, 0.3) is 0 Å². The summed E-state index contributed by atoms with van der Waals surface area (Å²) in [6.45, 7) is 0.437. The van der Waals surface area contributed by atoms with Gasteiger partial charge in [-0.05, 0) is 19.8 Å². The van der Waals surface area contributed by atoms with Gasteiger partial charge in [0.05, 0.1) is 12.1 Å². The van der Waals surface area contributed by atoms with Crippen molar-refractivity contribution in [3.8, 4) is 0 Å². The van der Waals surface area contributed by atoms with E-state index in [1.807, 2.05) is 5.32 Å². The second-order valence-corrected chi connectivity index (χ2v) is 6.44. The maximum Gasteiger partial charge on any atom is 0.322 e. The smallest absolute Gasteiger partial charge is 0.322 e. The molecule has 0 aromatic carbocycles. The van der Waals surface area contributed by atoms with E-state index in [1.54, 1.807) is 0 Å². The minimum Gasteiger partial charge on any atom is -0.481 e. The van der Waals surface area contributed by atoms with E-state index >= 15 is 0 Å². The van der Waals surface area contributed by atoms with Gasteiger partial charge in [0.1, 0.15) is 18.6 Å². The summed E-state index contributed by atoms with van der Waals surface area (Å²) in [4.78, 5) is 68.8. The fourth-order valence-electron chi connectivity index (χ4n) is 2.18. The van der Waals surface area contributed by atoms with E-state index in [0.717, 1.165) is 0 Å². The van der Waals surface area contributed by atoms with Gasteiger partial charge in [0.15, 0.2) is 0 Å². The third-order valence-corrected chi connectivity index (χ3v) is 3.79. The molecule has 0 aliphatic carbocycles. The van der Waals surface area contributed by atoms with Crippen LogP contribution in [-0.2, 0) is 28.8 Å². The summed E-state index contributed by atoms with van der Waals surface area (Å²) < 4.78 is 0. The number of carboxylic acids is 2. The Labute approximate surface area is 171 Å². The molecule has 14 nitrogen and oxygen atoms in total. The molecule has 0 rings (SSSR count). The van der Waals surface area contributed by atoms with Gasteiger partial charge in [-0.3, -0.25) is 28.8 Å². The first-order valence-electron chi connectivity index (χ1n) is 8.89. The lowest BCUT2D eigenvalue weighted by molar-refractivity contribution is -0.139. The lowest BCUT2D eigenvalue weighted by Gasteiger charge is -2.25. The normalized spacial score (nSPS) is 14.5. The third kappa shape index (κ3) is 10.9. The Morgan fingerprint density at radius 2 is 1.47 bits per heavy atom. The molecule has 10 N–H and O–H groups in total. The molecule has 4 amide bonds. The van der Waals surface area contributed by atoms with Crippen LogP contribution in [0.1, 0.15) is 32.6 Å². The highest BCUT2D eigenvalue weighted by Crippen LogP contribution is 2.03. The molecule has 0 fully saturated rings. The Balaban J connectivity index is 5.18. The van der Waals surface area contributed by atoms with Crippen LogP contribution in [0.5, 0.6) is 0 Å². The number of hydrogen-bond acceptors (Lipinski definition) is 8. The maximum absolute atomic E-state index is 12.5. The van der Waals surface area contributed by atoms with E-state index in [4.69, 9.17) is 21.7 Å². The molecule has 4 unspecified atom stereocenters. The summed E-state index contributed by atoms with van der Waals surface area (Å²) in [7, 11) is 0. The molecule has 170 valence electrons. The van der Waals surface area contributed by atoms with Crippen LogP contribution in [0.15, 0.2) is 0 Å². The van der Waals surface area contributed by atoms with Gasteiger partial charge >= 0.3 is 11.9 Å². The van der Waals surface area contributed by atoms with Gasteiger partial charge in [-0.2, -0.15) is 0 Å². The van der Waals surface area contributed by atoms with Gasteiger partial charge in [0.25, 0.3) is 0 Å². The van der Waals surface area contributed by atoms with Crippen molar-refractivity contribution >= 4 is 35.6 Å². The highest BCUT2D eigenvalue weighted by molar-refractivity contribution is 5.94. The second kappa shape index (κ2) is 13.1. The topological polar surface area (TPSA) is 251 Å². The van der Waals surface area contributed by atoms with E-state index in [-0.39, 0.29) is 25.7 Å². The zero-order chi connectivity index (χ0) is 23.4. The van der Waals surface area contributed by atoms with Crippen molar-refractivity contribution in [2.24, 2.45) is 11.5 Å². The minimum absolute atomic E-state index is 0.214. The first-order chi connectivity index (χ1) is 13.8. The predicted octanol–water partition coefficient (Wildman–Crippen LogP) is -4.00. The molecule has 0 radical (unpaired) electrons. The van der Waals surface area contributed by atoms with Gasteiger partial charge in [-0.15, -0.1) is 0 Å². The highest BCUT2D eigenvalue weighted by Gasteiger charge is 2.31. The predicted molar refractivity (Wildman–Crippen MR) is 99.5 cm³/mol. The standard InChI is InChI=1S/C16H27N5O9/c1-7(22)13(21-14(28)8(17)2-5-11(24)25)16(30)20-9(3-4-10(18)23)15(29)19-6-12(26)27/h7-9,13,22H,2-6,17H2,1H3,(H2,18,23)(H,19,29)(H,20,30)(H,21,28)(H,24,25)(H,26,27). The quantitative estimate of drug-likeness (QED) is 0.132. The molecular formula is C16H27N5O9. The SMILES string of the molecule is CC(O)C(NC(=O)C(N)CCC(=O)O)C(=O)NC(CCC(N)=O)C(=O)NCC(=O)O. The van der Waals surface area contributed by atoms with Crippen molar-refractivity contribution in [2.75, 3.05) is 6.54 Å². The Kier molecular flexibility index (Phi) is 11.6. The van der Waals surface area contributed by atoms with Crippen LogP contribution in [0, 0.1) is 0 Å². The Morgan fingerprint density at radius 3 is 1.93 bits per heavy atom. The van der Waals surface area contributed by atoms with E-state index in [2.05, 4.69) is 10.6 Å². The number of hydrogen-bond donors (Lipinski definition) is 8. The number of rotatable bonds is 14. The van der Waals surface area contributed by atoms with Gasteiger partial charge in [-0.1, -0.05) is 0 Å². The van der Waals surface area contributed by atoms with E-state index < -0.39 is 66.3 Å². The molecule has 0 heterocycles. The molecule has 30 heavy (non-hydrogen) atoms. The van der Waals surface area contributed by atoms with Gasteiger partial charge < -0.3 is 42.7 Å². The first-order valence-corrected chi connectivity index (χ1v) is 8.89. The molecule has 0 aliphatic heterocycles. The van der Waals surface area contributed by atoms with Crippen molar-refractivity contribution in [1.29, 1.82) is 0 Å². The zero-order valence-electron chi connectivity index (χ0n) is 16.3. The van der Waals surface area contributed by atoms with Crippen LogP contribution in [0.2, 0.25) is 0 Å². The average molecular weight is 433 g/mol. The highest BCUT2D eigenvalue weighted by atomic mass is 16.4. The van der Waals surface area contributed by atoms with Gasteiger partial charge in [0, 0.05) is 12.8 Å². The first kappa shape index (κ1) is 26.7. The Bertz CT molecular complexity index is 667. The van der Waals surface area contributed by atoms with E-state index in [1.165, 1.54) is 6.92 Å². The molecule has 0 bridgehead atoms. The summed E-state index contributed by atoms with van der Waals surface area (Å²) in [5, 5.41) is 33.5. The van der Waals surface area contributed by atoms with Crippen LogP contribution in [-0.4, -0.2) is 81.7 Å². The molecule has 14 heteroatoms. The molecule has 0 spiro atoms. The van der Waals surface area contributed by atoms with Gasteiger partial charge in [-0.25, -0.2) is 0 Å². The van der Waals surface area contributed by atoms with Crippen molar-refractivity contribution in [3.63, 3.8) is 0 Å². The number of aliphatic hydroxyl groups excluding tert-OH is 1. The summed E-state index contributed by atoms with van der Waals surface area (Å²) in [5.74, 6) is -6.11. The lowest BCUT2D eigenvalue weighted by atomic mass is 10.1. The maximum atomic E-state index is 12.5. The average Bonchev–Trinajstić information content (AvgIpc) is 2.64. The number of carboxylic acid groups (broad SMARTS) is 2. The summed E-state index contributed by atoms with van der Waals surface area (Å²) >= 11 is 0. The molecular weight excluding hydrogens is 406 g/mol. The van der Waals surface area contributed by atoms with Crippen molar-refractivity contribution in [3.05, 3.63) is 0 Å². The number of aliphatic hydroxyl groups is 1. The number of nitrogens with one attached hydrogen (secondary N) is 3. The van der Waals surface area contributed by atoms with Crippen LogP contribution in [0.4, 0.5) is 0 Å². The summed E-state index contributed by atoms with van der Waals surface area (Å²) in [5.41, 5.74) is 10.6. The summed E-state index contributed by atoms with van der Waals surface area (Å²) in [6.07, 6.45) is -2.60. The third-order valence-electron chi connectivity index (χ3n) is 3.79. The number of aliphatic carboxylic acids is 2. The number of amides is 4. The molecule has 0 aliphatic rings. The van der Waals surface area contributed by atoms with Crippen LogP contribution < -0.4 is 27.4 Å². The monoisotopic (exact) mass is 433 g/mol.